The van der Waals surface area contributed by atoms with Crippen LogP contribution in [0.4, 0.5) is 5.69 Å². The van der Waals surface area contributed by atoms with Crippen LogP contribution in [0.2, 0.25) is 0 Å². The van der Waals surface area contributed by atoms with E-state index in [1.54, 1.807) is 0 Å². The predicted octanol–water partition coefficient (Wildman–Crippen LogP) is 3.93. The van der Waals surface area contributed by atoms with E-state index >= 15 is 0 Å². The zero-order chi connectivity index (χ0) is 17.4. The second-order valence-electron chi connectivity index (χ2n) is 6.81. The maximum absolute atomic E-state index is 6.26. The summed E-state index contributed by atoms with van der Waals surface area (Å²) >= 11 is 0. The first-order chi connectivity index (χ1) is 12.2. The summed E-state index contributed by atoms with van der Waals surface area (Å²) in [4.78, 5) is 2.21. The number of benzene rings is 2. The molecule has 4 heteroatoms. The molecular formula is C21H24N3O+. The highest BCUT2D eigenvalue weighted by Crippen LogP contribution is 2.35. The van der Waals surface area contributed by atoms with E-state index < -0.39 is 0 Å². The van der Waals surface area contributed by atoms with Gasteiger partial charge in [-0.3, -0.25) is 0 Å². The number of furan rings is 1. The summed E-state index contributed by atoms with van der Waals surface area (Å²) in [6, 6.07) is 16.8. The third kappa shape index (κ3) is 2.72. The van der Waals surface area contributed by atoms with Crippen molar-refractivity contribution in [1.29, 1.82) is 0 Å². The molecular weight excluding hydrogens is 310 g/mol. The Morgan fingerprint density at radius 3 is 2.52 bits per heavy atom. The van der Waals surface area contributed by atoms with Gasteiger partial charge in [0.25, 0.3) is 5.52 Å². The number of anilines is 1. The van der Waals surface area contributed by atoms with E-state index in [0.717, 1.165) is 47.3 Å². The van der Waals surface area contributed by atoms with Crippen LogP contribution >= 0.6 is 0 Å². The average molecular weight is 334 g/mol. The first-order valence-electron chi connectivity index (χ1n) is 8.77. The van der Waals surface area contributed by atoms with Crippen LogP contribution in [0.25, 0.3) is 33.0 Å². The lowest BCUT2D eigenvalue weighted by Gasteiger charge is -2.12. The molecule has 1 N–H and O–H groups in total. The summed E-state index contributed by atoms with van der Waals surface area (Å²) in [5.41, 5.74) is 5.31. The highest BCUT2D eigenvalue weighted by molar-refractivity contribution is 6.11. The Bertz CT molecular complexity index is 1050. The summed E-state index contributed by atoms with van der Waals surface area (Å²) in [5.74, 6) is 0. The number of nitrogens with zero attached hydrogens (tertiary/aromatic N) is 2. The molecule has 128 valence electrons. The fourth-order valence-corrected chi connectivity index (χ4v) is 3.54. The van der Waals surface area contributed by atoms with Crippen molar-refractivity contribution >= 4 is 38.7 Å². The number of pyridine rings is 1. The fourth-order valence-electron chi connectivity index (χ4n) is 3.54. The Labute approximate surface area is 147 Å². The van der Waals surface area contributed by atoms with Crippen molar-refractivity contribution in [1.82, 2.24) is 4.90 Å². The molecule has 0 aliphatic rings. The van der Waals surface area contributed by atoms with Crippen LogP contribution in [0, 0.1) is 0 Å². The molecule has 2 aromatic heterocycles. The van der Waals surface area contributed by atoms with Gasteiger partial charge in [0.05, 0.1) is 16.5 Å². The van der Waals surface area contributed by atoms with Crippen molar-refractivity contribution in [2.45, 2.75) is 6.42 Å². The van der Waals surface area contributed by atoms with Crippen molar-refractivity contribution in [3.8, 4) is 0 Å². The maximum atomic E-state index is 6.26. The first kappa shape index (κ1) is 15.9. The van der Waals surface area contributed by atoms with E-state index in [0.29, 0.717) is 0 Å². The van der Waals surface area contributed by atoms with Crippen molar-refractivity contribution in [3.05, 3.63) is 48.5 Å². The van der Waals surface area contributed by atoms with E-state index in [4.69, 9.17) is 4.42 Å². The smallest absolute Gasteiger partial charge is 0.261 e. The molecule has 0 unspecified atom stereocenters. The Kier molecular flexibility index (Phi) is 4.06. The van der Waals surface area contributed by atoms with Gasteiger partial charge in [-0.25, -0.2) is 0 Å². The number of para-hydroxylation sites is 2. The van der Waals surface area contributed by atoms with Crippen LogP contribution in [-0.4, -0.2) is 32.1 Å². The summed E-state index contributed by atoms with van der Waals surface area (Å²) in [6.45, 7) is 1.98. The SMILES string of the molecule is CN(C)CCCNc1c2ccccc2[n+](C)c2c1oc1ccccc12. The topological polar surface area (TPSA) is 32.3 Å². The predicted molar refractivity (Wildman–Crippen MR) is 104 cm³/mol. The summed E-state index contributed by atoms with van der Waals surface area (Å²) < 4.78 is 8.49. The van der Waals surface area contributed by atoms with E-state index in [9.17, 15) is 0 Å². The van der Waals surface area contributed by atoms with Gasteiger partial charge in [-0.1, -0.05) is 24.3 Å². The van der Waals surface area contributed by atoms with Crippen molar-refractivity contribution in [3.63, 3.8) is 0 Å². The van der Waals surface area contributed by atoms with Gasteiger partial charge < -0.3 is 14.6 Å². The average Bonchev–Trinajstić information content (AvgIpc) is 3.00. The quantitative estimate of drug-likeness (QED) is 0.443. The Morgan fingerprint density at radius 1 is 1.00 bits per heavy atom. The Balaban J connectivity index is 1.92. The van der Waals surface area contributed by atoms with E-state index in [1.165, 1.54) is 10.9 Å². The molecule has 4 aromatic rings. The van der Waals surface area contributed by atoms with Gasteiger partial charge in [-0.05, 0) is 45.3 Å². The van der Waals surface area contributed by atoms with Gasteiger partial charge in [0.15, 0.2) is 0 Å². The molecule has 0 fully saturated rings. The molecule has 0 saturated carbocycles. The van der Waals surface area contributed by atoms with Crippen LogP contribution in [0.5, 0.6) is 0 Å². The van der Waals surface area contributed by atoms with Gasteiger partial charge >= 0.3 is 0 Å². The largest absolute Gasteiger partial charge is 0.447 e. The molecule has 25 heavy (non-hydrogen) atoms. The lowest BCUT2D eigenvalue weighted by molar-refractivity contribution is -0.616. The van der Waals surface area contributed by atoms with Crippen molar-refractivity contribution in [2.24, 2.45) is 7.05 Å². The highest BCUT2D eigenvalue weighted by atomic mass is 16.3. The minimum Gasteiger partial charge on any atom is -0.447 e. The van der Waals surface area contributed by atoms with E-state index in [1.807, 2.05) is 12.1 Å². The molecule has 0 atom stereocenters. The van der Waals surface area contributed by atoms with Crippen LogP contribution < -0.4 is 9.88 Å². The first-order valence-corrected chi connectivity index (χ1v) is 8.77. The summed E-state index contributed by atoms with van der Waals surface area (Å²) in [7, 11) is 6.33. The molecule has 2 heterocycles. The number of aryl methyl sites for hydroxylation is 1. The molecule has 0 amide bonds. The standard InChI is InChI=1S/C21H23N3O/c1-23(2)14-8-13-22-19-15-9-4-6-11-17(15)24(3)20-16-10-5-7-12-18(16)25-21(19)20/h4-7,9-12H,8,13-14H2,1-3H3/p+1. The Morgan fingerprint density at radius 2 is 1.72 bits per heavy atom. The normalized spacial score (nSPS) is 11.8. The lowest BCUT2D eigenvalue weighted by atomic mass is 10.1. The van der Waals surface area contributed by atoms with Gasteiger partial charge in [0, 0.05) is 12.6 Å². The van der Waals surface area contributed by atoms with Gasteiger partial charge in [0.1, 0.15) is 12.6 Å². The van der Waals surface area contributed by atoms with Crippen LogP contribution in [-0.2, 0) is 7.05 Å². The minimum absolute atomic E-state index is 0.919. The van der Waals surface area contributed by atoms with Crippen molar-refractivity contribution in [2.75, 3.05) is 32.5 Å². The number of rotatable bonds is 5. The van der Waals surface area contributed by atoms with Crippen LogP contribution in [0.1, 0.15) is 6.42 Å². The molecule has 0 spiro atoms. The number of aromatic nitrogens is 1. The number of hydrogen-bond donors (Lipinski definition) is 1. The fraction of sp³-hybridized carbons (Fsp3) is 0.286. The summed E-state index contributed by atoms with van der Waals surface area (Å²) in [6.07, 6.45) is 1.09. The van der Waals surface area contributed by atoms with E-state index in [-0.39, 0.29) is 0 Å². The van der Waals surface area contributed by atoms with Crippen LogP contribution in [0.15, 0.2) is 52.9 Å². The third-order valence-electron chi connectivity index (χ3n) is 4.75. The van der Waals surface area contributed by atoms with Crippen molar-refractivity contribution < 1.29 is 8.98 Å². The second kappa shape index (κ2) is 6.37. The van der Waals surface area contributed by atoms with Gasteiger partial charge in [-0.2, -0.15) is 4.57 Å². The molecule has 4 nitrogen and oxygen atoms in total. The molecule has 0 bridgehead atoms. The molecule has 0 aliphatic heterocycles. The molecule has 0 saturated heterocycles. The zero-order valence-electron chi connectivity index (χ0n) is 15.0. The second-order valence-corrected chi connectivity index (χ2v) is 6.81. The Hall–Kier alpha value is -2.59. The number of hydrogen-bond acceptors (Lipinski definition) is 3. The zero-order valence-corrected chi connectivity index (χ0v) is 15.0. The lowest BCUT2D eigenvalue weighted by Crippen LogP contribution is -2.30. The van der Waals surface area contributed by atoms with Gasteiger partial charge in [-0.15, -0.1) is 0 Å². The summed E-state index contributed by atoms with van der Waals surface area (Å²) in [5, 5.41) is 5.99. The number of nitrogens with one attached hydrogen (secondary N) is 1. The highest BCUT2D eigenvalue weighted by Gasteiger charge is 2.23. The molecule has 2 aromatic carbocycles. The molecule has 0 aliphatic carbocycles. The molecule has 4 rings (SSSR count). The maximum Gasteiger partial charge on any atom is 0.261 e. The third-order valence-corrected chi connectivity index (χ3v) is 4.75. The minimum atomic E-state index is 0.919. The number of fused-ring (bicyclic) bond motifs is 4. The molecule has 0 radical (unpaired) electrons. The van der Waals surface area contributed by atoms with E-state index in [2.05, 4.69) is 72.3 Å². The van der Waals surface area contributed by atoms with Gasteiger partial charge in [0.2, 0.25) is 11.1 Å². The van der Waals surface area contributed by atoms with Crippen LogP contribution in [0.3, 0.4) is 0 Å². The monoisotopic (exact) mass is 334 g/mol.